The maximum atomic E-state index is 11.5. The molecule has 0 bridgehead atoms. The summed E-state index contributed by atoms with van der Waals surface area (Å²) in [7, 11) is 0. The van der Waals surface area contributed by atoms with Crippen LogP contribution in [0, 0.1) is 6.92 Å². The minimum absolute atomic E-state index is 0.000269. The number of Topliss-reactive ketones (excluding diaryl/α,β-unsaturated/α-hetero) is 1. The molecule has 0 aliphatic heterocycles. The van der Waals surface area contributed by atoms with Crippen molar-refractivity contribution in [3.8, 4) is 11.5 Å². The number of ketones is 1. The van der Waals surface area contributed by atoms with E-state index < -0.39 is 0 Å². The summed E-state index contributed by atoms with van der Waals surface area (Å²) in [6, 6.07) is 14.9. The molecular weight excluding hydrogens is 248 g/mol. The second kappa shape index (κ2) is 5.69. The molecule has 2 aromatic carbocycles. The van der Waals surface area contributed by atoms with Gasteiger partial charge in [-0.2, -0.15) is 0 Å². The van der Waals surface area contributed by atoms with E-state index in [9.17, 15) is 4.79 Å². The fourth-order valence-corrected chi connectivity index (χ4v) is 1.85. The van der Waals surface area contributed by atoms with Crippen molar-refractivity contribution >= 4 is 17.4 Å². The molecule has 2 aromatic rings. The zero-order chi connectivity index (χ0) is 13.0. The lowest BCUT2D eigenvalue weighted by Crippen LogP contribution is -2.02. The lowest BCUT2D eigenvalue weighted by molar-refractivity contribution is 0.102. The van der Waals surface area contributed by atoms with Crippen LogP contribution in [-0.2, 0) is 0 Å². The number of carbonyl (C=O) groups is 1. The van der Waals surface area contributed by atoms with Crippen molar-refractivity contribution < 1.29 is 9.53 Å². The molecule has 0 heterocycles. The van der Waals surface area contributed by atoms with Gasteiger partial charge in [0.2, 0.25) is 0 Å². The Balaban J connectivity index is 2.22. The van der Waals surface area contributed by atoms with E-state index in [1.165, 1.54) is 0 Å². The summed E-state index contributed by atoms with van der Waals surface area (Å²) in [6.07, 6.45) is 0. The van der Waals surface area contributed by atoms with Crippen LogP contribution >= 0.6 is 11.6 Å². The third kappa shape index (κ3) is 2.90. The summed E-state index contributed by atoms with van der Waals surface area (Å²) in [4.78, 5) is 11.5. The number of benzene rings is 2. The highest BCUT2D eigenvalue weighted by Gasteiger charge is 2.08. The number of alkyl halides is 1. The molecule has 0 spiro atoms. The number of hydrogen-bond donors (Lipinski definition) is 0. The van der Waals surface area contributed by atoms with Crippen LogP contribution in [0.15, 0.2) is 48.5 Å². The molecule has 0 aromatic heterocycles. The minimum atomic E-state index is -0.0690. The van der Waals surface area contributed by atoms with Crippen molar-refractivity contribution in [3.63, 3.8) is 0 Å². The number of para-hydroxylation sites is 1. The summed E-state index contributed by atoms with van der Waals surface area (Å²) < 4.78 is 5.68. The van der Waals surface area contributed by atoms with Gasteiger partial charge in [0.15, 0.2) is 5.78 Å². The van der Waals surface area contributed by atoms with Gasteiger partial charge in [-0.15, -0.1) is 11.6 Å². The summed E-state index contributed by atoms with van der Waals surface area (Å²) in [6.45, 7) is 1.87. The maximum Gasteiger partial charge on any atom is 0.177 e. The first-order valence-electron chi connectivity index (χ1n) is 5.63. The first kappa shape index (κ1) is 12.7. The smallest absolute Gasteiger partial charge is 0.177 e. The van der Waals surface area contributed by atoms with Crippen LogP contribution in [0.3, 0.4) is 0 Å². The first-order valence-corrected chi connectivity index (χ1v) is 6.17. The molecule has 0 fully saturated rings. The maximum absolute atomic E-state index is 11.5. The number of halogens is 1. The highest BCUT2D eigenvalue weighted by atomic mass is 35.5. The normalized spacial score (nSPS) is 10.1. The van der Waals surface area contributed by atoms with Gasteiger partial charge in [0.1, 0.15) is 11.5 Å². The van der Waals surface area contributed by atoms with Gasteiger partial charge in [0.25, 0.3) is 0 Å². The zero-order valence-corrected chi connectivity index (χ0v) is 10.8. The Kier molecular flexibility index (Phi) is 4.00. The molecule has 0 atom stereocenters. The summed E-state index contributed by atoms with van der Waals surface area (Å²) in [5.41, 5.74) is 1.51. The molecular formula is C15H13ClO2. The first-order chi connectivity index (χ1) is 8.70. The van der Waals surface area contributed by atoms with E-state index in [4.69, 9.17) is 16.3 Å². The number of carbonyl (C=O) groups excluding carboxylic acids is 1. The Morgan fingerprint density at radius 1 is 1.11 bits per heavy atom. The Hall–Kier alpha value is -1.80. The van der Waals surface area contributed by atoms with Gasteiger partial charge < -0.3 is 4.74 Å². The van der Waals surface area contributed by atoms with E-state index in [0.717, 1.165) is 11.3 Å². The van der Waals surface area contributed by atoms with Crippen LogP contribution in [0.4, 0.5) is 0 Å². The SMILES string of the molecule is Cc1cc(Oc2ccccc2)ccc1C(=O)CCl. The van der Waals surface area contributed by atoms with E-state index >= 15 is 0 Å². The molecule has 2 rings (SSSR count). The van der Waals surface area contributed by atoms with Gasteiger partial charge in [0.05, 0.1) is 5.88 Å². The zero-order valence-electron chi connectivity index (χ0n) is 10.0. The molecule has 0 unspecified atom stereocenters. The summed E-state index contributed by atoms with van der Waals surface area (Å²) in [5, 5.41) is 0. The van der Waals surface area contributed by atoms with E-state index in [1.807, 2.05) is 43.3 Å². The minimum Gasteiger partial charge on any atom is -0.457 e. The molecule has 0 aliphatic rings. The van der Waals surface area contributed by atoms with E-state index in [2.05, 4.69) is 0 Å². The fourth-order valence-electron chi connectivity index (χ4n) is 1.71. The van der Waals surface area contributed by atoms with Crippen molar-refractivity contribution in [2.24, 2.45) is 0 Å². The molecule has 0 amide bonds. The molecule has 18 heavy (non-hydrogen) atoms. The quantitative estimate of drug-likeness (QED) is 0.608. The molecule has 0 saturated heterocycles. The van der Waals surface area contributed by atoms with Gasteiger partial charge in [-0.3, -0.25) is 4.79 Å². The highest BCUT2D eigenvalue weighted by molar-refractivity contribution is 6.30. The Morgan fingerprint density at radius 2 is 1.83 bits per heavy atom. The van der Waals surface area contributed by atoms with Crippen LogP contribution < -0.4 is 4.74 Å². The predicted octanol–water partition coefficient (Wildman–Crippen LogP) is 4.21. The van der Waals surface area contributed by atoms with Gasteiger partial charge >= 0.3 is 0 Å². The van der Waals surface area contributed by atoms with Gasteiger partial charge in [-0.25, -0.2) is 0 Å². The van der Waals surface area contributed by atoms with Crippen LogP contribution in [0.25, 0.3) is 0 Å². The van der Waals surface area contributed by atoms with Crippen LogP contribution in [0.2, 0.25) is 0 Å². The van der Waals surface area contributed by atoms with E-state index in [0.29, 0.717) is 11.3 Å². The van der Waals surface area contributed by atoms with Crippen LogP contribution in [0.5, 0.6) is 11.5 Å². The molecule has 92 valence electrons. The Labute approximate surface area is 111 Å². The number of hydrogen-bond acceptors (Lipinski definition) is 2. The van der Waals surface area contributed by atoms with Crippen molar-refractivity contribution in [2.45, 2.75) is 6.92 Å². The van der Waals surface area contributed by atoms with Gasteiger partial charge in [-0.1, -0.05) is 18.2 Å². The molecule has 0 saturated carbocycles. The molecule has 3 heteroatoms. The van der Waals surface area contributed by atoms with Crippen molar-refractivity contribution in [3.05, 3.63) is 59.7 Å². The number of rotatable bonds is 4. The molecule has 2 nitrogen and oxygen atoms in total. The van der Waals surface area contributed by atoms with Crippen molar-refractivity contribution in [1.29, 1.82) is 0 Å². The third-order valence-corrected chi connectivity index (χ3v) is 2.84. The number of aryl methyl sites for hydroxylation is 1. The number of ether oxygens (including phenoxy) is 1. The Morgan fingerprint density at radius 3 is 2.44 bits per heavy atom. The van der Waals surface area contributed by atoms with E-state index in [1.54, 1.807) is 12.1 Å². The molecule has 0 aliphatic carbocycles. The predicted molar refractivity (Wildman–Crippen MR) is 72.7 cm³/mol. The average Bonchev–Trinajstić information content (AvgIpc) is 2.39. The summed E-state index contributed by atoms with van der Waals surface area (Å²) in [5.74, 6) is 1.42. The van der Waals surface area contributed by atoms with E-state index in [-0.39, 0.29) is 11.7 Å². The second-order valence-electron chi connectivity index (χ2n) is 3.95. The van der Waals surface area contributed by atoms with Gasteiger partial charge in [-0.05, 0) is 42.8 Å². The van der Waals surface area contributed by atoms with Crippen molar-refractivity contribution in [1.82, 2.24) is 0 Å². The molecule has 0 N–H and O–H groups in total. The van der Waals surface area contributed by atoms with Crippen LogP contribution in [0.1, 0.15) is 15.9 Å². The summed E-state index contributed by atoms with van der Waals surface area (Å²) >= 11 is 5.55. The average molecular weight is 261 g/mol. The lowest BCUT2D eigenvalue weighted by Gasteiger charge is -2.08. The third-order valence-electron chi connectivity index (χ3n) is 2.60. The highest BCUT2D eigenvalue weighted by Crippen LogP contribution is 2.23. The van der Waals surface area contributed by atoms with Crippen molar-refractivity contribution in [2.75, 3.05) is 5.88 Å². The standard InChI is InChI=1S/C15H13ClO2/c1-11-9-13(7-8-14(11)15(17)10-16)18-12-5-3-2-4-6-12/h2-9H,10H2,1H3. The topological polar surface area (TPSA) is 26.3 Å². The largest absolute Gasteiger partial charge is 0.457 e. The van der Waals surface area contributed by atoms with Crippen LogP contribution in [-0.4, -0.2) is 11.7 Å². The lowest BCUT2D eigenvalue weighted by atomic mass is 10.1. The monoisotopic (exact) mass is 260 g/mol. The second-order valence-corrected chi connectivity index (χ2v) is 4.22. The molecule has 0 radical (unpaired) electrons. The fraction of sp³-hybridized carbons (Fsp3) is 0.133. The Bertz CT molecular complexity index is 550. The van der Waals surface area contributed by atoms with Gasteiger partial charge in [0, 0.05) is 5.56 Å².